The molecule has 2 N–H and O–H groups in total. The molecule has 0 unspecified atom stereocenters. The Morgan fingerprint density at radius 1 is 0.648 bits per heavy atom. The molecule has 2 saturated heterocycles. The maximum absolute atomic E-state index is 13.4. The first-order valence-corrected chi connectivity index (χ1v) is 24.7. The van der Waals surface area contributed by atoms with Crippen LogP contribution >= 0.6 is 23.2 Å². The SMILES string of the molecule is CCN1CCC[C@]1(C)C(=O)[N-]c1ccc(Cl)cc1C(=NC[C@@H](C(=O)O)C(C)(C)C)c1ccccc1.CCN1CCC[C@]1(C)C(=O)[N-]c1ccc(Cl)cc1C(=NC[C@@H](C(=O)O)C(C)C)c1ccccc1.[Ni].[Ni]. The maximum Gasteiger partial charge on any atom is 0.308 e. The van der Waals surface area contributed by atoms with E-state index in [1.807, 2.05) is 109 Å². The molecule has 2 aliphatic rings. The molecule has 71 heavy (non-hydrogen) atoms. The average Bonchev–Trinajstić information content (AvgIpc) is 3.90. The van der Waals surface area contributed by atoms with E-state index >= 15 is 0 Å². The fourth-order valence-electron chi connectivity index (χ4n) is 9.11. The fraction of sp³-hybridized carbons (Fsp3) is 0.455. The third-order valence-electron chi connectivity index (χ3n) is 13.6. The molecule has 4 aromatic carbocycles. The Labute approximate surface area is 450 Å². The molecule has 2 fully saturated rings. The second kappa shape index (κ2) is 27.0. The van der Waals surface area contributed by atoms with E-state index in [4.69, 9.17) is 33.2 Å². The smallest absolute Gasteiger partial charge is 0.308 e. The van der Waals surface area contributed by atoms with Gasteiger partial charge in [-0.3, -0.25) is 29.4 Å². The van der Waals surface area contributed by atoms with Crippen LogP contribution in [0.15, 0.2) is 107 Å². The largest absolute Gasteiger partial charge is 0.625 e. The molecule has 0 aliphatic carbocycles. The van der Waals surface area contributed by atoms with E-state index in [2.05, 4.69) is 34.3 Å². The van der Waals surface area contributed by atoms with Crippen molar-refractivity contribution in [3.63, 3.8) is 0 Å². The molecule has 0 saturated carbocycles. The molecule has 0 radical (unpaired) electrons. The van der Waals surface area contributed by atoms with Gasteiger partial charge in [0.1, 0.15) is 0 Å². The molecule has 4 atom stereocenters. The van der Waals surface area contributed by atoms with Crippen LogP contribution in [0.4, 0.5) is 11.4 Å². The van der Waals surface area contributed by atoms with Crippen molar-refractivity contribution in [1.29, 1.82) is 0 Å². The normalized spacial score (nSPS) is 19.4. The summed E-state index contributed by atoms with van der Waals surface area (Å²) in [6, 6.07) is 29.4. The number of benzene rings is 4. The molecule has 6 rings (SSSR count). The molecule has 0 spiro atoms. The predicted molar refractivity (Wildman–Crippen MR) is 279 cm³/mol. The van der Waals surface area contributed by atoms with Gasteiger partial charge in [0.05, 0.1) is 59.2 Å². The van der Waals surface area contributed by atoms with Gasteiger partial charge in [0.2, 0.25) is 0 Å². The van der Waals surface area contributed by atoms with E-state index in [9.17, 15) is 29.4 Å². The van der Waals surface area contributed by atoms with Crippen molar-refractivity contribution in [3.8, 4) is 0 Å². The third kappa shape index (κ3) is 15.3. The van der Waals surface area contributed by atoms with Gasteiger partial charge < -0.3 is 30.4 Å². The number of carbonyl (C=O) groups is 4. The van der Waals surface area contributed by atoms with Crippen molar-refractivity contribution >= 4 is 69.8 Å². The summed E-state index contributed by atoms with van der Waals surface area (Å²) in [5, 5.41) is 29.6. The number of carbonyl (C=O) groups excluding carboxylic acids is 2. The Balaban J connectivity index is 0.000000365. The van der Waals surface area contributed by atoms with Gasteiger partial charge in [0.15, 0.2) is 0 Å². The van der Waals surface area contributed by atoms with Gasteiger partial charge in [-0.05, 0) is 112 Å². The van der Waals surface area contributed by atoms with Crippen molar-refractivity contribution in [2.24, 2.45) is 33.2 Å². The topological polar surface area (TPSA) is 168 Å². The number of aliphatic carboxylic acids is 2. The number of amides is 2. The zero-order chi connectivity index (χ0) is 50.7. The molecule has 2 aliphatic heterocycles. The van der Waals surface area contributed by atoms with E-state index in [0.29, 0.717) is 44.0 Å². The minimum atomic E-state index is -0.895. The zero-order valence-electron chi connectivity index (χ0n) is 42.1. The van der Waals surface area contributed by atoms with E-state index < -0.39 is 40.3 Å². The molecule has 0 bridgehead atoms. The quantitative estimate of drug-likeness (QED) is 0.0778. The fourth-order valence-corrected chi connectivity index (χ4v) is 9.46. The van der Waals surface area contributed by atoms with E-state index in [-0.39, 0.29) is 63.8 Å². The molecular weight excluding hydrogens is 1030 g/mol. The minimum absolute atomic E-state index is 0. The van der Waals surface area contributed by atoms with Crippen LogP contribution in [-0.2, 0) is 52.2 Å². The summed E-state index contributed by atoms with van der Waals surface area (Å²) in [6.45, 7) is 21.0. The first-order chi connectivity index (χ1) is 32.6. The average molecular weight is 1100 g/mol. The summed E-state index contributed by atoms with van der Waals surface area (Å²) < 4.78 is 0. The zero-order valence-corrected chi connectivity index (χ0v) is 45.6. The van der Waals surface area contributed by atoms with Crippen LogP contribution in [0.1, 0.15) is 110 Å². The van der Waals surface area contributed by atoms with E-state index in [0.717, 1.165) is 63.0 Å². The molecule has 16 heteroatoms. The van der Waals surface area contributed by atoms with Crippen LogP contribution in [0.3, 0.4) is 0 Å². The van der Waals surface area contributed by atoms with Gasteiger partial charge in [-0.15, -0.1) is 11.4 Å². The molecule has 390 valence electrons. The number of likely N-dealkylation sites (tertiary alicyclic amines) is 2. The van der Waals surface area contributed by atoms with Crippen LogP contribution in [0, 0.1) is 23.2 Å². The number of likely N-dealkylation sites (N-methyl/N-ethyl adjacent to an activating group) is 2. The summed E-state index contributed by atoms with van der Waals surface area (Å²) in [5.41, 5.74) is 3.19. The maximum atomic E-state index is 13.4. The van der Waals surface area contributed by atoms with E-state index in [1.54, 1.807) is 36.4 Å². The monoisotopic (exact) mass is 1090 g/mol. The number of carboxylic acids is 2. The van der Waals surface area contributed by atoms with Crippen molar-refractivity contribution in [2.75, 3.05) is 39.3 Å². The second-order valence-electron chi connectivity index (χ2n) is 19.6. The number of carboxylic acid groups (broad SMARTS) is 2. The van der Waals surface area contributed by atoms with Crippen molar-refractivity contribution in [2.45, 2.75) is 99.1 Å². The van der Waals surface area contributed by atoms with Crippen LogP contribution in [-0.4, -0.2) is 106 Å². The molecule has 0 aromatic heterocycles. The van der Waals surface area contributed by atoms with Gasteiger partial charge >= 0.3 is 11.9 Å². The van der Waals surface area contributed by atoms with Gasteiger partial charge in [-0.25, -0.2) is 0 Å². The molecule has 2 amide bonds. The summed E-state index contributed by atoms with van der Waals surface area (Å²) in [6.07, 6.45) is 3.44. The molecule has 2 heterocycles. The van der Waals surface area contributed by atoms with E-state index in [1.165, 1.54) is 0 Å². The predicted octanol–water partition coefficient (Wildman–Crippen LogP) is 12.3. The number of hydrogen-bond acceptors (Lipinski definition) is 8. The van der Waals surface area contributed by atoms with Crippen LogP contribution in [0.2, 0.25) is 10.0 Å². The number of nitrogens with zero attached hydrogens (tertiary/aromatic N) is 6. The Morgan fingerprint density at radius 2 is 1.04 bits per heavy atom. The van der Waals surface area contributed by atoms with Crippen LogP contribution in [0.25, 0.3) is 10.6 Å². The molecule has 4 aromatic rings. The Morgan fingerprint density at radius 3 is 1.38 bits per heavy atom. The van der Waals surface area contributed by atoms with Crippen LogP contribution in [0.5, 0.6) is 0 Å². The van der Waals surface area contributed by atoms with Gasteiger partial charge in [-0.2, -0.15) is 0 Å². The standard InChI is InChI=1S/C28H36ClN3O3.C27H34ClN3O3.2Ni/c1-6-32-16-10-15-28(32,5)26(35)31-23-14-13-20(29)17-21(23)24(19-11-8-7-9-12-19)30-18-22(25(33)34)27(2,3)4;1-5-31-15-9-14-27(31,4)26(34)30-23-13-12-20(28)16-21(23)24(19-10-7-6-8-11-19)29-17-22(18(2)3)25(32)33;;/h7-9,11-14,17,22H,6,10,15-16,18H2,1-5H3,(H2,30,31,33,34,35);6-8,10-13,16,18,22H,5,9,14-15,17H2,1-4H3,(H2,29,30,32,33,34);;/p-2/t22-,28+;22-,27-;;/m01../s1. The number of rotatable bonds is 17. The summed E-state index contributed by atoms with van der Waals surface area (Å²) in [7, 11) is 0. The van der Waals surface area contributed by atoms with Gasteiger partial charge in [0.25, 0.3) is 0 Å². The third-order valence-corrected chi connectivity index (χ3v) is 14.0. The summed E-state index contributed by atoms with van der Waals surface area (Å²) >= 11 is 12.8. The number of aliphatic imine (C=N–C) groups is 2. The minimum Gasteiger partial charge on any atom is -0.625 e. The van der Waals surface area contributed by atoms with Crippen molar-refractivity contribution in [3.05, 3.63) is 140 Å². The summed E-state index contributed by atoms with van der Waals surface area (Å²) in [5.74, 6) is -3.54. The van der Waals surface area contributed by atoms with Crippen molar-refractivity contribution in [1.82, 2.24) is 9.80 Å². The Bertz CT molecular complexity index is 2510. The van der Waals surface area contributed by atoms with Crippen molar-refractivity contribution < 1.29 is 62.4 Å². The molecular formula is C55H68Cl2N6Ni2O6-2. The Hall–Kier alpha value is -4.41. The first-order valence-electron chi connectivity index (χ1n) is 23.9. The summed E-state index contributed by atoms with van der Waals surface area (Å²) in [4.78, 5) is 64.5. The van der Waals surface area contributed by atoms with Gasteiger partial charge in [0, 0.05) is 54.2 Å². The molecule has 12 nitrogen and oxygen atoms in total. The Kier molecular flexibility index (Phi) is 23.2. The number of halogens is 2. The first kappa shape index (κ1) is 60.9. The van der Waals surface area contributed by atoms with Gasteiger partial charge in [-0.1, -0.05) is 144 Å². The number of hydrogen-bond donors (Lipinski definition) is 2. The second-order valence-corrected chi connectivity index (χ2v) is 20.5. The van der Waals surface area contributed by atoms with Crippen LogP contribution < -0.4 is 0 Å².